The molecule has 1 saturated heterocycles. The summed E-state index contributed by atoms with van der Waals surface area (Å²) in [5.41, 5.74) is 5.84. The second kappa shape index (κ2) is 6.99. The summed E-state index contributed by atoms with van der Waals surface area (Å²) in [6.45, 7) is 4.05. The van der Waals surface area contributed by atoms with Crippen LogP contribution in [0.2, 0.25) is 0 Å². The van der Waals surface area contributed by atoms with E-state index in [1.165, 1.54) is 18.0 Å². The van der Waals surface area contributed by atoms with Gasteiger partial charge < -0.3 is 10.6 Å². The number of thiazole rings is 1. The number of nitrogens with one attached hydrogen (secondary N) is 2. The molecule has 5 rings (SSSR count). The molecule has 0 saturated carbocycles. The predicted octanol–water partition coefficient (Wildman–Crippen LogP) is 3.83. The first kappa shape index (κ1) is 16.8. The summed E-state index contributed by atoms with van der Waals surface area (Å²) >= 11 is 3.06. The summed E-state index contributed by atoms with van der Waals surface area (Å²) in [6.07, 6.45) is 6.08. The van der Waals surface area contributed by atoms with E-state index in [9.17, 15) is 0 Å². The van der Waals surface area contributed by atoms with E-state index in [0.717, 1.165) is 57.8 Å². The Kier molecular flexibility index (Phi) is 4.35. The minimum absolute atomic E-state index is 0.414. The number of hydrogen-bond acceptors (Lipinski definition) is 8. The van der Waals surface area contributed by atoms with Crippen molar-refractivity contribution in [3.63, 3.8) is 0 Å². The third-order valence-corrected chi connectivity index (χ3v) is 6.39. The van der Waals surface area contributed by atoms with Crippen molar-refractivity contribution in [2.24, 2.45) is 0 Å². The zero-order valence-corrected chi connectivity index (χ0v) is 16.5. The van der Waals surface area contributed by atoms with E-state index in [4.69, 9.17) is 4.98 Å². The first-order chi connectivity index (χ1) is 13.3. The number of fused-ring (bicyclic) bond motifs is 1. The minimum atomic E-state index is 0.414. The lowest BCUT2D eigenvalue weighted by Crippen LogP contribution is -2.29. The Morgan fingerprint density at radius 3 is 3.00 bits per heavy atom. The second-order valence-corrected chi connectivity index (χ2v) is 8.42. The maximum Gasteiger partial charge on any atom is 0.166 e. The van der Waals surface area contributed by atoms with Gasteiger partial charge in [0.15, 0.2) is 5.65 Å². The highest BCUT2D eigenvalue weighted by atomic mass is 32.1. The quantitative estimate of drug-likeness (QED) is 0.545. The molecule has 1 aliphatic rings. The Labute approximate surface area is 164 Å². The molecule has 1 fully saturated rings. The molecular formula is C18H19N7S2. The molecule has 0 bridgehead atoms. The molecule has 0 aromatic carbocycles. The van der Waals surface area contributed by atoms with Crippen LogP contribution in [0.3, 0.4) is 0 Å². The highest BCUT2D eigenvalue weighted by Crippen LogP contribution is 2.32. The van der Waals surface area contributed by atoms with Crippen LogP contribution >= 0.6 is 22.9 Å². The van der Waals surface area contributed by atoms with E-state index in [1.807, 2.05) is 35.4 Å². The molecule has 0 aliphatic carbocycles. The lowest BCUT2D eigenvalue weighted by atomic mass is 9.96. The molecule has 1 unspecified atom stereocenters. The van der Waals surface area contributed by atoms with Crippen molar-refractivity contribution in [3.05, 3.63) is 41.4 Å². The van der Waals surface area contributed by atoms with Crippen LogP contribution in [-0.2, 0) is 0 Å². The Morgan fingerprint density at radius 1 is 1.30 bits per heavy atom. The van der Waals surface area contributed by atoms with E-state index < -0.39 is 0 Å². The lowest BCUT2D eigenvalue weighted by molar-refractivity contribution is 0.455. The van der Waals surface area contributed by atoms with Crippen LogP contribution in [0.1, 0.15) is 30.1 Å². The van der Waals surface area contributed by atoms with Crippen molar-refractivity contribution in [1.29, 1.82) is 0 Å². The van der Waals surface area contributed by atoms with Crippen molar-refractivity contribution < 1.29 is 0 Å². The van der Waals surface area contributed by atoms with E-state index in [2.05, 4.69) is 31.2 Å². The minimum Gasteiger partial charge on any atom is -0.331 e. The monoisotopic (exact) mass is 397 g/mol. The van der Waals surface area contributed by atoms with Gasteiger partial charge >= 0.3 is 0 Å². The van der Waals surface area contributed by atoms with Gasteiger partial charge in [0.05, 0.1) is 33.5 Å². The summed E-state index contributed by atoms with van der Waals surface area (Å²) in [6, 6.07) is 4.18. The normalized spacial score (nSPS) is 17.4. The van der Waals surface area contributed by atoms with Gasteiger partial charge in [-0.2, -0.15) is 14.0 Å². The third kappa shape index (κ3) is 3.22. The van der Waals surface area contributed by atoms with Crippen molar-refractivity contribution in [2.75, 3.05) is 18.4 Å². The smallest absolute Gasteiger partial charge is 0.166 e. The van der Waals surface area contributed by atoms with Crippen molar-refractivity contribution in [1.82, 2.24) is 29.3 Å². The molecule has 1 aliphatic heterocycles. The van der Waals surface area contributed by atoms with Crippen LogP contribution in [-0.4, -0.2) is 37.0 Å². The van der Waals surface area contributed by atoms with E-state index in [-0.39, 0.29) is 0 Å². The molecule has 7 nitrogen and oxygen atoms in total. The van der Waals surface area contributed by atoms with Gasteiger partial charge in [0.25, 0.3) is 0 Å². The lowest BCUT2D eigenvalue weighted by Gasteiger charge is -2.23. The number of anilines is 2. The Morgan fingerprint density at radius 2 is 2.26 bits per heavy atom. The van der Waals surface area contributed by atoms with Crippen LogP contribution in [0.15, 0.2) is 30.0 Å². The van der Waals surface area contributed by atoms with Crippen LogP contribution < -0.4 is 10.6 Å². The van der Waals surface area contributed by atoms with Crippen LogP contribution in [0.25, 0.3) is 16.1 Å². The average molecular weight is 398 g/mol. The molecule has 4 aromatic heterocycles. The molecule has 27 heavy (non-hydrogen) atoms. The fourth-order valence-electron chi connectivity index (χ4n) is 3.46. The maximum atomic E-state index is 5.01. The molecule has 0 radical (unpaired) electrons. The molecular weight excluding hydrogens is 378 g/mol. The zero-order chi connectivity index (χ0) is 18.2. The number of rotatable bonds is 4. The number of aromatic nitrogens is 5. The van der Waals surface area contributed by atoms with Gasteiger partial charge in [-0.15, -0.1) is 11.3 Å². The van der Waals surface area contributed by atoms with Gasteiger partial charge in [-0.3, -0.25) is 4.98 Å². The Bertz CT molecular complexity index is 1060. The molecule has 9 heteroatoms. The van der Waals surface area contributed by atoms with Crippen molar-refractivity contribution in [3.8, 4) is 10.4 Å². The highest BCUT2D eigenvalue weighted by molar-refractivity contribution is 7.13. The summed E-state index contributed by atoms with van der Waals surface area (Å²) in [5.74, 6) is 1.33. The van der Waals surface area contributed by atoms with Crippen LogP contribution in [0.4, 0.5) is 10.8 Å². The van der Waals surface area contributed by atoms with Crippen LogP contribution in [0, 0.1) is 6.92 Å². The molecule has 5 heterocycles. The summed E-state index contributed by atoms with van der Waals surface area (Å²) in [4.78, 5) is 10.3. The molecule has 0 spiro atoms. The molecule has 2 N–H and O–H groups in total. The van der Waals surface area contributed by atoms with Gasteiger partial charge in [-0.1, -0.05) is 0 Å². The molecule has 1 atom stereocenters. The fourth-order valence-corrected chi connectivity index (χ4v) is 4.75. The van der Waals surface area contributed by atoms with E-state index in [1.54, 1.807) is 11.3 Å². The highest BCUT2D eigenvalue weighted by Gasteiger charge is 2.21. The largest absolute Gasteiger partial charge is 0.331 e. The predicted molar refractivity (Wildman–Crippen MR) is 109 cm³/mol. The van der Waals surface area contributed by atoms with E-state index in [0.29, 0.717) is 5.92 Å². The van der Waals surface area contributed by atoms with Gasteiger partial charge in [-0.25, -0.2) is 4.98 Å². The number of aryl methyl sites for hydroxylation is 1. The summed E-state index contributed by atoms with van der Waals surface area (Å²) in [7, 11) is 0. The summed E-state index contributed by atoms with van der Waals surface area (Å²) < 4.78 is 6.25. The van der Waals surface area contributed by atoms with Gasteiger partial charge in [0.2, 0.25) is 0 Å². The van der Waals surface area contributed by atoms with Gasteiger partial charge in [0, 0.05) is 24.7 Å². The number of piperidine rings is 1. The first-order valence-electron chi connectivity index (χ1n) is 8.96. The third-order valence-electron chi connectivity index (χ3n) is 4.78. The van der Waals surface area contributed by atoms with Crippen molar-refractivity contribution >= 4 is 39.3 Å². The molecule has 0 amide bonds. The zero-order valence-electron chi connectivity index (χ0n) is 14.8. The van der Waals surface area contributed by atoms with Gasteiger partial charge in [-0.05, 0) is 43.9 Å². The standard InChI is InChI=1S/C18H19N7S2/c1-11-5-17(27-24-11)23-16-6-14(12-3-2-4-19-7-12)22-18-13(8-21-25(16)18)15-9-20-10-26-15/h5-6,8-10,12,19,23H,2-4,7H2,1H3. The Hall–Kier alpha value is -2.36. The van der Waals surface area contributed by atoms with E-state index >= 15 is 0 Å². The second-order valence-electron chi connectivity index (χ2n) is 6.73. The average Bonchev–Trinajstić information content (AvgIpc) is 3.43. The Balaban J connectivity index is 1.64. The number of hydrogen-bond donors (Lipinski definition) is 2. The maximum absolute atomic E-state index is 5.01. The SMILES string of the molecule is Cc1cc(Nc2cc(C3CCCNC3)nc3c(-c4cncs4)cnn23)sn1. The summed E-state index contributed by atoms with van der Waals surface area (Å²) in [5, 5.41) is 12.6. The van der Waals surface area contributed by atoms with Crippen molar-refractivity contribution in [2.45, 2.75) is 25.7 Å². The molecule has 4 aromatic rings. The molecule has 138 valence electrons. The fraction of sp³-hybridized carbons (Fsp3) is 0.333. The number of nitrogens with zero attached hydrogens (tertiary/aromatic N) is 5. The topological polar surface area (TPSA) is 80.0 Å². The van der Waals surface area contributed by atoms with Crippen LogP contribution in [0.5, 0.6) is 0 Å². The first-order valence-corrected chi connectivity index (χ1v) is 10.6. The van der Waals surface area contributed by atoms with Gasteiger partial charge in [0.1, 0.15) is 10.8 Å².